The number of sulfonamides is 1. The highest BCUT2D eigenvalue weighted by Gasteiger charge is 2.41. The molecule has 0 aliphatic carbocycles. The van der Waals surface area contributed by atoms with Gasteiger partial charge in [-0.25, -0.2) is 12.8 Å². The monoisotopic (exact) mass is 523 g/mol. The number of halogens is 1. The van der Waals surface area contributed by atoms with E-state index in [-0.39, 0.29) is 17.9 Å². The van der Waals surface area contributed by atoms with Crippen molar-refractivity contribution in [3.8, 4) is 0 Å². The molecule has 0 bridgehead atoms. The van der Waals surface area contributed by atoms with Gasteiger partial charge in [-0.1, -0.05) is 42.0 Å². The number of hydrogen-bond acceptors (Lipinski definition) is 5. The van der Waals surface area contributed by atoms with Crippen molar-refractivity contribution in [2.75, 3.05) is 34.7 Å². The zero-order chi connectivity index (χ0) is 26.4. The number of rotatable bonds is 10. The van der Waals surface area contributed by atoms with E-state index < -0.39 is 34.6 Å². The SMILES string of the molecule is Cc1ccc(S(=O)(=O)N2c3ccccc3NC(=O)[C@H]2CC(=O)NCCc2ccc(NCC[18F])cc2)cc1. The van der Waals surface area contributed by atoms with Gasteiger partial charge in [-0.2, -0.15) is 0 Å². The summed E-state index contributed by atoms with van der Waals surface area (Å²) in [6.45, 7) is 1.95. The van der Waals surface area contributed by atoms with Crippen LogP contribution in [0.25, 0.3) is 0 Å². The number of aryl methyl sites for hydroxylation is 1. The van der Waals surface area contributed by atoms with E-state index >= 15 is 0 Å². The quantitative estimate of drug-likeness (QED) is 0.376. The van der Waals surface area contributed by atoms with Gasteiger partial charge in [0.25, 0.3) is 10.0 Å². The molecule has 194 valence electrons. The maximum atomic E-state index is 13.7. The Morgan fingerprint density at radius 1 is 1.00 bits per heavy atom. The maximum Gasteiger partial charge on any atom is 0.265 e. The van der Waals surface area contributed by atoms with Crippen LogP contribution in [0.3, 0.4) is 0 Å². The zero-order valence-corrected chi connectivity index (χ0v) is 21.2. The largest absolute Gasteiger partial charge is 0.382 e. The van der Waals surface area contributed by atoms with Crippen LogP contribution in [0.2, 0.25) is 0 Å². The van der Waals surface area contributed by atoms with Gasteiger partial charge in [-0.05, 0) is 55.3 Å². The molecule has 1 aliphatic rings. The number of carbonyl (C=O) groups is 2. The summed E-state index contributed by atoms with van der Waals surface area (Å²) in [6.07, 6.45) is 0.206. The minimum Gasteiger partial charge on any atom is -0.382 e. The molecule has 3 aromatic rings. The Morgan fingerprint density at radius 3 is 2.41 bits per heavy atom. The Morgan fingerprint density at radius 2 is 1.70 bits per heavy atom. The predicted octanol–water partition coefficient (Wildman–Crippen LogP) is 3.64. The molecule has 1 atom stereocenters. The molecule has 2 amide bonds. The van der Waals surface area contributed by atoms with Gasteiger partial charge >= 0.3 is 0 Å². The summed E-state index contributed by atoms with van der Waals surface area (Å²) in [5.41, 5.74) is 3.35. The lowest BCUT2D eigenvalue weighted by Crippen LogP contribution is -2.52. The third-order valence-electron chi connectivity index (χ3n) is 6.06. The van der Waals surface area contributed by atoms with Crippen molar-refractivity contribution in [2.45, 2.75) is 30.7 Å². The van der Waals surface area contributed by atoms with E-state index in [1.807, 2.05) is 31.2 Å². The number of nitrogens with zero attached hydrogens (tertiary/aromatic N) is 1. The van der Waals surface area contributed by atoms with E-state index in [9.17, 15) is 22.4 Å². The molecule has 0 unspecified atom stereocenters. The van der Waals surface area contributed by atoms with Crippen LogP contribution in [0.4, 0.5) is 21.5 Å². The molecule has 8 nitrogen and oxygen atoms in total. The number of amides is 2. The summed E-state index contributed by atoms with van der Waals surface area (Å²) < 4.78 is 40.7. The lowest BCUT2D eigenvalue weighted by Gasteiger charge is -2.36. The Balaban J connectivity index is 1.48. The predicted molar refractivity (Wildman–Crippen MR) is 142 cm³/mol. The Hall–Kier alpha value is -3.92. The summed E-state index contributed by atoms with van der Waals surface area (Å²) in [4.78, 5) is 25.9. The molecular formula is C27H29FN4O4S. The van der Waals surface area contributed by atoms with Crippen LogP contribution in [0.15, 0.2) is 77.7 Å². The van der Waals surface area contributed by atoms with Crippen molar-refractivity contribution in [3.63, 3.8) is 0 Å². The van der Waals surface area contributed by atoms with Gasteiger partial charge in [0.15, 0.2) is 0 Å². The van der Waals surface area contributed by atoms with Crippen LogP contribution >= 0.6 is 0 Å². The molecule has 3 aromatic carbocycles. The highest BCUT2D eigenvalue weighted by Crippen LogP contribution is 2.37. The van der Waals surface area contributed by atoms with Crippen LogP contribution in [-0.2, 0) is 26.0 Å². The van der Waals surface area contributed by atoms with Gasteiger partial charge < -0.3 is 16.0 Å². The van der Waals surface area contributed by atoms with E-state index in [1.165, 1.54) is 12.1 Å². The fourth-order valence-corrected chi connectivity index (χ4v) is 5.76. The van der Waals surface area contributed by atoms with Gasteiger partial charge in [-0.15, -0.1) is 0 Å². The summed E-state index contributed by atoms with van der Waals surface area (Å²) in [7, 11) is -4.13. The van der Waals surface area contributed by atoms with Crippen LogP contribution in [0, 0.1) is 6.92 Å². The summed E-state index contributed by atoms with van der Waals surface area (Å²) in [5, 5.41) is 8.46. The van der Waals surface area contributed by atoms with E-state index in [2.05, 4.69) is 16.0 Å². The molecule has 4 rings (SSSR count). The molecule has 3 N–H and O–H groups in total. The molecule has 0 fully saturated rings. The van der Waals surface area contributed by atoms with Gasteiger partial charge in [0.2, 0.25) is 11.8 Å². The molecule has 0 saturated heterocycles. The maximum absolute atomic E-state index is 13.7. The molecule has 1 aliphatic heterocycles. The molecule has 0 spiro atoms. The van der Waals surface area contributed by atoms with Crippen molar-refractivity contribution in [2.24, 2.45) is 0 Å². The number of carbonyl (C=O) groups excluding carboxylic acids is 2. The zero-order valence-electron chi connectivity index (χ0n) is 20.4. The number of anilines is 3. The van der Waals surface area contributed by atoms with Crippen molar-refractivity contribution in [1.82, 2.24) is 5.32 Å². The first kappa shape index (κ1) is 26.2. The number of benzene rings is 3. The van der Waals surface area contributed by atoms with Crippen LogP contribution in [0.5, 0.6) is 0 Å². The third kappa shape index (κ3) is 6.08. The second kappa shape index (κ2) is 11.4. The first-order chi connectivity index (χ1) is 17.8. The van der Waals surface area contributed by atoms with E-state index in [0.717, 1.165) is 21.1 Å². The van der Waals surface area contributed by atoms with E-state index in [0.29, 0.717) is 24.3 Å². The second-order valence-corrected chi connectivity index (χ2v) is 10.6. The van der Waals surface area contributed by atoms with Crippen LogP contribution in [-0.4, -0.2) is 46.0 Å². The molecule has 10 heteroatoms. The fraction of sp³-hybridized carbons (Fsp3) is 0.259. The molecule has 0 radical (unpaired) electrons. The molecule has 0 saturated carbocycles. The Labute approximate surface area is 215 Å². The van der Waals surface area contributed by atoms with Crippen LogP contribution < -0.4 is 20.3 Å². The van der Waals surface area contributed by atoms with Gasteiger partial charge in [0, 0.05) is 18.8 Å². The highest BCUT2D eigenvalue weighted by atomic mass is 32.2. The van der Waals surface area contributed by atoms with Gasteiger partial charge in [0.1, 0.15) is 12.7 Å². The summed E-state index contributed by atoms with van der Waals surface area (Å²) in [5.74, 6) is -1.01. The normalized spacial score (nSPS) is 15.0. The molecule has 37 heavy (non-hydrogen) atoms. The molecule has 0 aromatic heterocycles. The van der Waals surface area contributed by atoms with Crippen molar-refractivity contribution in [1.29, 1.82) is 0 Å². The topological polar surface area (TPSA) is 108 Å². The number of fused-ring (bicyclic) bond motifs is 1. The van der Waals surface area contributed by atoms with Crippen molar-refractivity contribution >= 4 is 38.9 Å². The van der Waals surface area contributed by atoms with Crippen molar-refractivity contribution < 1.29 is 22.4 Å². The number of nitrogens with one attached hydrogen (secondary N) is 3. The Kier molecular flexibility index (Phi) is 8.08. The third-order valence-corrected chi connectivity index (χ3v) is 7.89. The first-order valence-electron chi connectivity index (χ1n) is 12.0. The van der Waals surface area contributed by atoms with Gasteiger partial charge in [-0.3, -0.25) is 13.9 Å². The molecule has 1 heterocycles. The lowest BCUT2D eigenvalue weighted by atomic mass is 10.1. The van der Waals surface area contributed by atoms with E-state index in [1.54, 1.807) is 36.4 Å². The van der Waals surface area contributed by atoms with Crippen molar-refractivity contribution in [3.05, 3.63) is 83.9 Å². The average Bonchev–Trinajstić information content (AvgIpc) is 2.88. The summed E-state index contributed by atoms with van der Waals surface area (Å²) in [6, 6.07) is 19.2. The highest BCUT2D eigenvalue weighted by molar-refractivity contribution is 7.93. The van der Waals surface area contributed by atoms with E-state index in [4.69, 9.17) is 0 Å². The summed E-state index contributed by atoms with van der Waals surface area (Å²) >= 11 is 0. The van der Waals surface area contributed by atoms with Crippen LogP contribution in [0.1, 0.15) is 17.5 Å². The lowest BCUT2D eigenvalue weighted by molar-refractivity contribution is -0.125. The smallest absolute Gasteiger partial charge is 0.265 e. The Bertz CT molecular complexity index is 1360. The fourth-order valence-electron chi connectivity index (χ4n) is 4.13. The minimum atomic E-state index is -4.13. The van der Waals surface area contributed by atoms with Gasteiger partial charge in [0.05, 0.1) is 22.7 Å². The molecular weight excluding hydrogens is 494 g/mol. The standard InChI is InChI=1S/C27H29FN4O4S/c1-19-6-12-22(13-7-19)37(35,36)32-24-5-3-2-4-23(24)31-27(34)25(32)18-26(33)30-16-14-20-8-10-21(11-9-20)29-17-15-28/h2-13,25,29H,14-18H2,1H3,(H,30,33)(H,31,34)/t25-/m1/s1/i28-1. The number of alkyl halides is 1. The number of para-hydroxylation sites is 2. The second-order valence-electron chi connectivity index (χ2n) is 8.75. The minimum absolute atomic E-state index is 0.0393. The number of hydrogen-bond donors (Lipinski definition) is 3. The first-order valence-corrected chi connectivity index (χ1v) is 13.4. The average molecular weight is 524 g/mol.